The van der Waals surface area contributed by atoms with E-state index in [4.69, 9.17) is 9.88 Å². The van der Waals surface area contributed by atoms with Crippen molar-refractivity contribution < 1.29 is 17.9 Å². The third-order valence-electron chi connectivity index (χ3n) is 4.39. The highest BCUT2D eigenvalue weighted by Crippen LogP contribution is 2.27. The number of carbonyl (C=O) groups is 1. The Balaban J connectivity index is 1.79. The van der Waals surface area contributed by atoms with Crippen LogP contribution in [0.2, 0.25) is 0 Å². The Hall–Kier alpha value is -2.22. The summed E-state index contributed by atoms with van der Waals surface area (Å²) in [4.78, 5) is 12.5. The highest BCUT2D eigenvalue weighted by atomic mass is 32.2. The van der Waals surface area contributed by atoms with Crippen molar-refractivity contribution in [1.29, 1.82) is 0 Å². The highest BCUT2D eigenvalue weighted by Gasteiger charge is 2.17. The first-order valence-electron chi connectivity index (χ1n) is 8.57. The van der Waals surface area contributed by atoms with Gasteiger partial charge in [-0.15, -0.1) is 0 Å². The smallest absolute Gasteiger partial charge is 0.251 e. The lowest BCUT2D eigenvalue weighted by molar-refractivity contribution is 0.0169. The summed E-state index contributed by atoms with van der Waals surface area (Å²) in [5.41, 5.74) is 1.55. The Kier molecular flexibility index (Phi) is 5.70. The molecule has 2 aromatic rings. The molecule has 26 heavy (non-hydrogen) atoms. The fourth-order valence-corrected chi connectivity index (χ4v) is 3.82. The molecule has 138 valence electrons. The van der Waals surface area contributed by atoms with E-state index in [1.54, 1.807) is 42.5 Å². The van der Waals surface area contributed by atoms with Crippen LogP contribution in [0.25, 0.3) is 11.1 Å². The van der Waals surface area contributed by atoms with Crippen LogP contribution in [0.1, 0.15) is 29.6 Å². The van der Waals surface area contributed by atoms with Crippen molar-refractivity contribution >= 4 is 15.9 Å². The Morgan fingerprint density at radius 1 is 1.15 bits per heavy atom. The van der Waals surface area contributed by atoms with Gasteiger partial charge in [-0.25, -0.2) is 13.6 Å². The van der Waals surface area contributed by atoms with Gasteiger partial charge in [-0.05, 0) is 43.0 Å². The predicted molar refractivity (Wildman–Crippen MR) is 99.2 cm³/mol. The second-order valence-corrected chi connectivity index (χ2v) is 7.85. The first kappa shape index (κ1) is 18.6. The average molecular weight is 374 g/mol. The zero-order chi connectivity index (χ0) is 18.6. The topological polar surface area (TPSA) is 98.5 Å². The lowest BCUT2D eigenvalue weighted by Gasteiger charge is -2.22. The summed E-state index contributed by atoms with van der Waals surface area (Å²) < 4.78 is 29.2. The number of amides is 1. The molecule has 1 aliphatic rings. The third kappa shape index (κ3) is 4.49. The van der Waals surface area contributed by atoms with E-state index < -0.39 is 10.0 Å². The van der Waals surface area contributed by atoms with E-state index >= 15 is 0 Å². The first-order chi connectivity index (χ1) is 12.4. The molecule has 3 N–H and O–H groups in total. The molecule has 0 aromatic heterocycles. The highest BCUT2D eigenvalue weighted by molar-refractivity contribution is 7.89. The molecule has 3 rings (SSSR count). The Labute approximate surface area is 153 Å². The number of primary sulfonamides is 1. The van der Waals surface area contributed by atoms with Crippen molar-refractivity contribution in [2.45, 2.75) is 30.3 Å². The zero-order valence-corrected chi connectivity index (χ0v) is 15.2. The maximum atomic E-state index is 12.4. The van der Waals surface area contributed by atoms with E-state index in [0.717, 1.165) is 25.9 Å². The molecule has 0 spiro atoms. The van der Waals surface area contributed by atoms with Gasteiger partial charge in [-0.3, -0.25) is 4.79 Å². The van der Waals surface area contributed by atoms with Gasteiger partial charge in [0, 0.05) is 24.3 Å². The quantitative estimate of drug-likeness (QED) is 0.839. The minimum Gasteiger partial charge on any atom is -0.376 e. The lowest BCUT2D eigenvalue weighted by Crippen LogP contribution is -2.35. The van der Waals surface area contributed by atoms with Crippen LogP contribution in [0.15, 0.2) is 53.4 Å². The van der Waals surface area contributed by atoms with Crippen molar-refractivity contribution in [1.82, 2.24) is 5.32 Å². The van der Waals surface area contributed by atoms with E-state index in [9.17, 15) is 13.2 Å². The van der Waals surface area contributed by atoms with Crippen LogP contribution in [-0.4, -0.2) is 33.6 Å². The Morgan fingerprint density at radius 2 is 1.96 bits per heavy atom. The molecule has 1 fully saturated rings. The van der Waals surface area contributed by atoms with Crippen molar-refractivity contribution in [2.24, 2.45) is 5.14 Å². The number of ether oxygens (including phenoxy) is 1. The fraction of sp³-hybridized carbons (Fsp3) is 0.316. The number of hydrogen-bond donors (Lipinski definition) is 2. The molecule has 1 aliphatic heterocycles. The molecule has 0 aliphatic carbocycles. The summed E-state index contributed by atoms with van der Waals surface area (Å²) in [6.45, 7) is 1.21. The van der Waals surface area contributed by atoms with Crippen LogP contribution >= 0.6 is 0 Å². The molecule has 6 nitrogen and oxygen atoms in total. The van der Waals surface area contributed by atoms with Crippen LogP contribution in [-0.2, 0) is 14.8 Å². The van der Waals surface area contributed by atoms with Crippen molar-refractivity contribution in [3.8, 4) is 11.1 Å². The summed E-state index contributed by atoms with van der Waals surface area (Å²) in [5.74, 6) is -0.214. The van der Waals surface area contributed by atoms with Crippen LogP contribution in [0.5, 0.6) is 0 Å². The fourth-order valence-electron chi connectivity index (χ4n) is 3.06. The number of benzene rings is 2. The molecule has 0 radical (unpaired) electrons. The molecule has 0 bridgehead atoms. The summed E-state index contributed by atoms with van der Waals surface area (Å²) in [6.07, 6.45) is 3.18. The summed E-state index contributed by atoms with van der Waals surface area (Å²) >= 11 is 0. The second kappa shape index (κ2) is 7.99. The lowest BCUT2D eigenvalue weighted by atomic mass is 10.0. The monoisotopic (exact) mass is 374 g/mol. The molecule has 1 atom stereocenters. The molecule has 0 saturated carbocycles. The van der Waals surface area contributed by atoms with E-state index in [1.807, 2.05) is 0 Å². The first-order valence-corrected chi connectivity index (χ1v) is 10.1. The number of hydrogen-bond acceptors (Lipinski definition) is 4. The van der Waals surface area contributed by atoms with Crippen molar-refractivity contribution in [2.75, 3.05) is 13.2 Å². The number of rotatable bonds is 5. The summed E-state index contributed by atoms with van der Waals surface area (Å²) in [5, 5.41) is 8.19. The van der Waals surface area contributed by atoms with Crippen LogP contribution in [0.3, 0.4) is 0 Å². The molecule has 1 heterocycles. The molecule has 1 unspecified atom stereocenters. The maximum absolute atomic E-state index is 12.4. The minimum absolute atomic E-state index is 0.0353. The molecular weight excluding hydrogens is 352 g/mol. The van der Waals surface area contributed by atoms with E-state index in [-0.39, 0.29) is 16.9 Å². The standard InChI is InChI=1S/C19H22N2O4S/c20-26(23,24)18-10-2-1-9-17(18)14-6-5-7-15(12-14)19(22)21-13-16-8-3-4-11-25-16/h1-2,5-7,9-10,12,16H,3-4,8,11,13H2,(H,21,22)(H2,20,23,24). The molecule has 1 amide bonds. The van der Waals surface area contributed by atoms with E-state index in [0.29, 0.717) is 23.2 Å². The third-order valence-corrected chi connectivity index (χ3v) is 5.36. The SMILES string of the molecule is NS(=O)(=O)c1ccccc1-c1cccc(C(=O)NCC2CCCCO2)c1. The van der Waals surface area contributed by atoms with Gasteiger partial charge in [-0.2, -0.15) is 0 Å². The predicted octanol–water partition coefficient (Wildman–Crippen LogP) is 2.30. The van der Waals surface area contributed by atoms with E-state index in [1.165, 1.54) is 6.07 Å². The van der Waals surface area contributed by atoms with Crippen LogP contribution in [0.4, 0.5) is 0 Å². The maximum Gasteiger partial charge on any atom is 0.251 e. The second-order valence-electron chi connectivity index (χ2n) is 6.32. The molecule has 1 saturated heterocycles. The van der Waals surface area contributed by atoms with Crippen molar-refractivity contribution in [3.05, 3.63) is 54.1 Å². The molecule has 7 heteroatoms. The number of nitrogens with two attached hydrogens (primary N) is 1. The molecule has 2 aromatic carbocycles. The van der Waals surface area contributed by atoms with Crippen LogP contribution in [0, 0.1) is 0 Å². The van der Waals surface area contributed by atoms with Crippen LogP contribution < -0.4 is 10.5 Å². The normalized spacial score (nSPS) is 17.7. The van der Waals surface area contributed by atoms with Gasteiger partial charge in [0.15, 0.2) is 0 Å². The van der Waals surface area contributed by atoms with Crippen molar-refractivity contribution in [3.63, 3.8) is 0 Å². The number of sulfonamides is 1. The van der Waals surface area contributed by atoms with Gasteiger partial charge >= 0.3 is 0 Å². The largest absolute Gasteiger partial charge is 0.376 e. The summed E-state index contributed by atoms with van der Waals surface area (Å²) in [6, 6.07) is 13.3. The Bertz CT molecular complexity index is 890. The average Bonchev–Trinajstić information content (AvgIpc) is 2.66. The number of nitrogens with one attached hydrogen (secondary N) is 1. The Morgan fingerprint density at radius 3 is 2.69 bits per heavy atom. The molecular formula is C19H22N2O4S. The zero-order valence-electron chi connectivity index (χ0n) is 14.4. The van der Waals surface area contributed by atoms with Gasteiger partial charge in [0.2, 0.25) is 10.0 Å². The summed E-state index contributed by atoms with van der Waals surface area (Å²) in [7, 11) is -3.86. The number of carbonyl (C=O) groups excluding carboxylic acids is 1. The minimum atomic E-state index is -3.86. The van der Waals surface area contributed by atoms with Gasteiger partial charge in [0.1, 0.15) is 0 Å². The van der Waals surface area contributed by atoms with Gasteiger partial charge in [-0.1, -0.05) is 30.3 Å². The van der Waals surface area contributed by atoms with Gasteiger partial charge in [0.05, 0.1) is 11.0 Å². The van der Waals surface area contributed by atoms with Gasteiger partial charge in [0.25, 0.3) is 5.91 Å². The van der Waals surface area contributed by atoms with Gasteiger partial charge < -0.3 is 10.1 Å². The van der Waals surface area contributed by atoms with E-state index in [2.05, 4.69) is 5.32 Å².